The maximum absolute atomic E-state index is 15.8. The number of aromatic nitrogens is 1. The molecule has 224 valence electrons. The first-order valence-electron chi connectivity index (χ1n) is 14.8. The van der Waals surface area contributed by atoms with Crippen LogP contribution in [0.5, 0.6) is 0 Å². The van der Waals surface area contributed by atoms with Gasteiger partial charge in [-0.05, 0) is 55.3 Å². The summed E-state index contributed by atoms with van der Waals surface area (Å²) in [6.45, 7) is 12.0. The van der Waals surface area contributed by atoms with Crippen LogP contribution in [-0.4, -0.2) is 74.7 Å². The second kappa shape index (κ2) is 12.2. The van der Waals surface area contributed by atoms with Gasteiger partial charge in [0.25, 0.3) is 5.91 Å². The molecule has 0 bridgehead atoms. The summed E-state index contributed by atoms with van der Waals surface area (Å²) in [5.74, 6) is 0.747. The highest BCUT2D eigenvalue weighted by atomic mass is 28.3. The van der Waals surface area contributed by atoms with Crippen LogP contribution in [0.4, 0.5) is 18.9 Å². The summed E-state index contributed by atoms with van der Waals surface area (Å²) in [5, 5.41) is 3.93. The fraction of sp³-hybridized carbons (Fsp3) is 0.469. The molecule has 1 fully saturated rings. The Morgan fingerprint density at radius 3 is 2.48 bits per heavy atom. The monoisotopic (exact) mass is 595 g/mol. The van der Waals surface area contributed by atoms with Gasteiger partial charge in [-0.25, -0.2) is 13.2 Å². The Hall–Kier alpha value is -3.26. The standard InChI is InChI=1S/C32H40F3N5OSi/c1-6-7-11-36-28-20-24-23-18-22(33)19-26(35)30(23)37-31(24)32(40(28)29(41)10-16-42(3,4)5)21-8-9-27(25(34)17-21)39-14-12-38(2)13-15-39/h8-9,17-19,28,32,36-37H,6-7,11-15,20H2,1-5H3/t28-,32+/m1/s1. The number of carbonyl (C=O) groups excluding carboxylic acids is 1. The Morgan fingerprint density at radius 2 is 1.81 bits per heavy atom. The van der Waals surface area contributed by atoms with Crippen molar-refractivity contribution in [3.8, 4) is 11.5 Å². The molecule has 0 spiro atoms. The van der Waals surface area contributed by atoms with Gasteiger partial charge in [-0.15, -0.1) is 5.54 Å². The molecule has 0 saturated carbocycles. The number of hydrogen-bond acceptors (Lipinski definition) is 4. The average molecular weight is 596 g/mol. The molecule has 2 N–H and O–H groups in total. The van der Waals surface area contributed by atoms with E-state index in [1.54, 1.807) is 11.0 Å². The van der Waals surface area contributed by atoms with Crippen molar-refractivity contribution in [2.75, 3.05) is 44.7 Å². The number of carbonyl (C=O) groups is 1. The molecular formula is C32H40F3N5OSi. The van der Waals surface area contributed by atoms with Crippen molar-refractivity contribution >= 4 is 30.6 Å². The minimum Gasteiger partial charge on any atom is -0.367 e. The van der Waals surface area contributed by atoms with Crippen LogP contribution in [0.3, 0.4) is 0 Å². The van der Waals surface area contributed by atoms with Crippen LogP contribution in [0.1, 0.15) is 42.6 Å². The number of H-pyrrole nitrogens is 1. The smallest absolute Gasteiger partial charge is 0.299 e. The number of anilines is 1. The molecule has 0 radical (unpaired) electrons. The highest BCUT2D eigenvalue weighted by Crippen LogP contribution is 2.42. The topological polar surface area (TPSA) is 54.6 Å². The van der Waals surface area contributed by atoms with E-state index in [2.05, 4.69) is 53.2 Å². The summed E-state index contributed by atoms with van der Waals surface area (Å²) in [7, 11) is 0.162. The van der Waals surface area contributed by atoms with Crippen molar-refractivity contribution in [3.05, 3.63) is 64.6 Å². The molecule has 6 nitrogen and oxygen atoms in total. The van der Waals surface area contributed by atoms with E-state index < -0.39 is 31.9 Å². The van der Waals surface area contributed by atoms with Gasteiger partial charge in [0.2, 0.25) is 0 Å². The van der Waals surface area contributed by atoms with Crippen molar-refractivity contribution < 1.29 is 18.0 Å². The summed E-state index contributed by atoms with van der Waals surface area (Å²) < 4.78 is 45.3. The van der Waals surface area contributed by atoms with Crippen LogP contribution in [0.25, 0.3) is 10.9 Å². The van der Waals surface area contributed by atoms with Crippen molar-refractivity contribution in [2.24, 2.45) is 0 Å². The lowest BCUT2D eigenvalue weighted by atomic mass is 9.90. The SMILES string of the molecule is CCCCN[C@H]1Cc2c([nH]c3c(F)cc(F)cc23)[C@H](c2ccc(N3CCN(C)CC3)c(F)c2)N1C(=O)C#C[Si](C)(C)C. The molecule has 3 aromatic rings. The lowest BCUT2D eigenvalue weighted by Crippen LogP contribution is -2.54. The molecule has 0 unspecified atom stereocenters. The third kappa shape index (κ3) is 6.24. The van der Waals surface area contributed by atoms with Gasteiger partial charge >= 0.3 is 0 Å². The van der Waals surface area contributed by atoms with Gasteiger partial charge in [0.1, 0.15) is 31.6 Å². The zero-order valence-electron chi connectivity index (χ0n) is 25.1. The molecular weight excluding hydrogens is 555 g/mol. The molecule has 2 aliphatic heterocycles. The Labute approximate surface area is 247 Å². The Bertz CT molecular complexity index is 1530. The molecule has 2 atom stereocenters. The molecule has 1 amide bonds. The first-order valence-corrected chi connectivity index (χ1v) is 18.3. The molecule has 42 heavy (non-hydrogen) atoms. The van der Waals surface area contributed by atoms with Crippen LogP contribution in [0.15, 0.2) is 30.3 Å². The Kier molecular flexibility index (Phi) is 8.74. The van der Waals surface area contributed by atoms with Crippen molar-refractivity contribution in [1.29, 1.82) is 0 Å². The number of benzene rings is 2. The van der Waals surface area contributed by atoms with Crippen LogP contribution in [-0.2, 0) is 11.2 Å². The number of halogens is 3. The zero-order valence-corrected chi connectivity index (χ0v) is 26.1. The van der Waals surface area contributed by atoms with Crippen LogP contribution >= 0.6 is 0 Å². The first-order chi connectivity index (χ1) is 20.0. The molecule has 10 heteroatoms. The number of fused-ring (bicyclic) bond motifs is 3. The second-order valence-electron chi connectivity index (χ2n) is 12.5. The fourth-order valence-electron chi connectivity index (χ4n) is 5.86. The minimum absolute atomic E-state index is 0.177. The van der Waals surface area contributed by atoms with Gasteiger partial charge in [0.05, 0.1) is 17.4 Å². The number of unbranched alkanes of at least 4 members (excludes halogenated alkanes) is 1. The molecule has 0 aliphatic carbocycles. The maximum atomic E-state index is 15.8. The van der Waals surface area contributed by atoms with Crippen molar-refractivity contribution in [3.63, 3.8) is 0 Å². The van der Waals surface area contributed by atoms with Crippen LogP contribution in [0.2, 0.25) is 19.6 Å². The third-order valence-electron chi connectivity index (χ3n) is 8.07. The van der Waals surface area contributed by atoms with E-state index >= 15 is 8.78 Å². The fourth-order valence-corrected chi connectivity index (χ4v) is 6.34. The zero-order chi connectivity index (χ0) is 30.2. The quantitative estimate of drug-likeness (QED) is 0.228. The van der Waals surface area contributed by atoms with Gasteiger partial charge in [0.15, 0.2) is 0 Å². The summed E-state index contributed by atoms with van der Waals surface area (Å²) in [4.78, 5) is 23.0. The van der Waals surface area contributed by atoms with E-state index in [-0.39, 0.29) is 17.2 Å². The summed E-state index contributed by atoms with van der Waals surface area (Å²) in [5.41, 5.74) is 5.69. The lowest BCUT2D eigenvalue weighted by Gasteiger charge is -2.42. The molecule has 1 aromatic heterocycles. The van der Waals surface area contributed by atoms with E-state index in [9.17, 15) is 9.18 Å². The number of piperazine rings is 1. The van der Waals surface area contributed by atoms with E-state index in [4.69, 9.17) is 0 Å². The summed E-state index contributed by atoms with van der Waals surface area (Å²) in [6, 6.07) is 6.49. The number of amides is 1. The number of nitrogens with one attached hydrogen (secondary N) is 2. The number of likely N-dealkylation sites (N-methyl/N-ethyl adjacent to an activating group) is 1. The van der Waals surface area contributed by atoms with Gasteiger partial charge in [-0.3, -0.25) is 10.1 Å². The van der Waals surface area contributed by atoms with Gasteiger partial charge in [-0.1, -0.05) is 39.1 Å². The highest BCUT2D eigenvalue weighted by molar-refractivity contribution is 6.84. The third-order valence-corrected chi connectivity index (χ3v) is 8.95. The summed E-state index contributed by atoms with van der Waals surface area (Å²) in [6.07, 6.45) is 1.69. The second-order valence-corrected chi connectivity index (χ2v) is 17.2. The van der Waals surface area contributed by atoms with Crippen LogP contribution in [0, 0.1) is 28.9 Å². The van der Waals surface area contributed by atoms with Gasteiger partial charge in [0, 0.05) is 49.7 Å². The van der Waals surface area contributed by atoms with Gasteiger partial charge < -0.3 is 19.7 Å². The van der Waals surface area contributed by atoms with Crippen molar-refractivity contribution in [1.82, 2.24) is 20.1 Å². The van der Waals surface area contributed by atoms with E-state index in [0.29, 0.717) is 53.9 Å². The minimum atomic E-state index is -1.89. The molecule has 3 heterocycles. The number of aromatic amines is 1. The molecule has 2 aliphatic rings. The molecule has 1 saturated heterocycles. The van der Waals surface area contributed by atoms with E-state index in [1.807, 2.05) is 18.0 Å². The maximum Gasteiger partial charge on any atom is 0.299 e. The first kappa shape index (κ1) is 30.2. The van der Waals surface area contributed by atoms with E-state index in [1.165, 1.54) is 12.1 Å². The lowest BCUT2D eigenvalue weighted by molar-refractivity contribution is -0.130. The number of nitrogens with zero attached hydrogens (tertiary/aromatic N) is 3. The average Bonchev–Trinajstić information content (AvgIpc) is 3.29. The van der Waals surface area contributed by atoms with Gasteiger partial charge in [-0.2, -0.15) is 0 Å². The Balaban J connectivity index is 1.66. The van der Waals surface area contributed by atoms with Crippen molar-refractivity contribution in [2.45, 2.75) is 58.0 Å². The molecule has 5 rings (SSSR count). The molecule has 2 aromatic carbocycles. The summed E-state index contributed by atoms with van der Waals surface area (Å²) >= 11 is 0. The Morgan fingerprint density at radius 1 is 1.07 bits per heavy atom. The number of rotatable bonds is 6. The largest absolute Gasteiger partial charge is 0.367 e. The predicted molar refractivity (Wildman–Crippen MR) is 165 cm³/mol. The highest BCUT2D eigenvalue weighted by Gasteiger charge is 2.41. The van der Waals surface area contributed by atoms with Crippen LogP contribution < -0.4 is 10.2 Å². The van der Waals surface area contributed by atoms with E-state index in [0.717, 1.165) is 32.0 Å². The normalized spacial score (nSPS) is 19.5. The number of hydrogen-bond donors (Lipinski definition) is 2. The predicted octanol–water partition coefficient (Wildman–Crippen LogP) is 5.41.